The summed E-state index contributed by atoms with van der Waals surface area (Å²) in [5, 5.41) is 13.9. The predicted molar refractivity (Wildman–Crippen MR) is 637 cm³/mol. The highest BCUT2D eigenvalue weighted by atomic mass is 14.2. The molecule has 0 N–H and O–H groups in total. The molecule has 0 saturated heterocycles. The number of fused-ring (bicyclic) bond motifs is 5. The van der Waals surface area contributed by atoms with Crippen LogP contribution in [0.1, 0.15) is 336 Å². The van der Waals surface area contributed by atoms with Gasteiger partial charge in [0.1, 0.15) is 0 Å². The number of hydrogen-bond donors (Lipinski definition) is 0. The summed E-state index contributed by atoms with van der Waals surface area (Å²) in [7, 11) is 0. The number of aryl methyl sites for hydroxylation is 31. The summed E-state index contributed by atoms with van der Waals surface area (Å²) in [6.45, 7) is 72.7. The van der Waals surface area contributed by atoms with E-state index in [-0.39, 0.29) is 0 Å². The van der Waals surface area contributed by atoms with Crippen molar-refractivity contribution in [2.75, 3.05) is 0 Å². The van der Waals surface area contributed by atoms with Gasteiger partial charge in [0.2, 0.25) is 0 Å². The fourth-order valence-corrected chi connectivity index (χ4v) is 19.2. The topological polar surface area (TPSA) is 0 Å². The minimum atomic E-state index is 1.12. The Bertz CT molecular complexity index is 6410. The molecule has 16 aromatic carbocycles. The fourth-order valence-electron chi connectivity index (χ4n) is 19.2. The molecule has 0 aromatic heterocycles. The molecule has 0 radical (unpaired) electrons. The van der Waals surface area contributed by atoms with Gasteiger partial charge in [0.05, 0.1) is 0 Å². The average Bonchev–Trinajstić information content (AvgIpc) is 0.830. The van der Waals surface area contributed by atoms with Gasteiger partial charge in [-0.3, -0.25) is 0 Å². The minimum Gasteiger partial charge on any atom is -0.0617 e. The van der Waals surface area contributed by atoms with Crippen LogP contribution < -0.4 is 0 Å². The van der Waals surface area contributed by atoms with Crippen molar-refractivity contribution < 1.29 is 0 Å². The predicted octanol–water partition coefficient (Wildman–Crippen LogP) is 40.1. The standard InChI is InChI=1S/5C15H18.6C11H16/c1-4-12-6-9-15-11(3)13(5-2)7-8-14(15)10-12;1-4-12-6-7-14-9-13(5-2)8-11(3)15(14)10-12;1-4-12-6-7-14-10-13(5-2)11(3)8-15(14)9-12;1-4-12-6-7-14-8-11(3)13(5-2)10-15(14)9-12;1-4-12-6-7-15-11(3)8-13(5-2)10-14(15)9-12;1-4-10-6-9(3)7-11(5-2)8-10;1-4-10-6-7-11(5-2)9(3)8-10;1-4-10-7-6-9(3)11(5-2)8-10;1-4-10-7-6-9(3)8-11(10)5-2;1-4-10-7-6-8-11(5-2)9(10)3;1-4-10-8-6-7-9(3)11(10)5-2/h5*6-10H,4-5H2,1-3H3;6*6-8H,4-5H2,1-3H3. The minimum absolute atomic E-state index is 1.12. The molecule has 750 valence electrons. The summed E-state index contributed by atoms with van der Waals surface area (Å²) in [5.41, 5.74) is 47.8. The van der Waals surface area contributed by atoms with Crippen LogP contribution in [-0.2, 0) is 141 Å². The molecule has 0 heteroatoms. The van der Waals surface area contributed by atoms with E-state index in [9.17, 15) is 0 Å². The first kappa shape index (κ1) is 119. The lowest BCUT2D eigenvalue weighted by atomic mass is 9.97. The molecule has 0 fully saturated rings. The molecule has 0 heterocycles. The third kappa shape index (κ3) is 36.6. The summed E-state index contributed by atoms with van der Waals surface area (Å²) in [6, 6.07) is 97.2. The maximum atomic E-state index is 2.34. The molecule has 16 aromatic rings. The van der Waals surface area contributed by atoms with Crippen LogP contribution in [-0.4, -0.2) is 0 Å². The molecule has 0 bridgehead atoms. The van der Waals surface area contributed by atoms with Crippen molar-refractivity contribution in [3.05, 3.63) is 444 Å². The maximum absolute atomic E-state index is 2.34. The fraction of sp³-hybridized carbons (Fsp3) is 0.390. The quantitative estimate of drug-likeness (QED) is 0.0634. The van der Waals surface area contributed by atoms with Crippen LogP contribution in [0.3, 0.4) is 0 Å². The van der Waals surface area contributed by atoms with Crippen LogP contribution >= 0.6 is 0 Å². The van der Waals surface area contributed by atoms with E-state index in [0.29, 0.717) is 0 Å². The van der Waals surface area contributed by atoms with E-state index in [2.05, 4.69) is 489 Å². The van der Waals surface area contributed by atoms with Crippen LogP contribution in [0.15, 0.2) is 261 Å². The van der Waals surface area contributed by atoms with Crippen LogP contribution in [0.25, 0.3) is 53.9 Å². The van der Waals surface area contributed by atoms with Crippen LogP contribution in [0.4, 0.5) is 0 Å². The smallest absolute Gasteiger partial charge is 0.0152 e. The van der Waals surface area contributed by atoms with Crippen molar-refractivity contribution in [3.63, 3.8) is 0 Å². The molecule has 0 nitrogen and oxygen atoms in total. The molecule has 0 aliphatic heterocycles. The number of rotatable bonds is 22. The molecule has 0 aliphatic carbocycles. The van der Waals surface area contributed by atoms with Crippen molar-refractivity contribution in [1.29, 1.82) is 0 Å². The number of benzene rings is 16. The van der Waals surface area contributed by atoms with Crippen LogP contribution in [0.5, 0.6) is 0 Å². The largest absolute Gasteiger partial charge is 0.0617 e. The molecule has 0 unspecified atom stereocenters. The highest BCUT2D eigenvalue weighted by Gasteiger charge is 2.10. The molecule has 0 atom stereocenters. The van der Waals surface area contributed by atoms with E-state index in [1.54, 1.807) is 0 Å². The normalized spacial score (nSPS) is 10.5. The van der Waals surface area contributed by atoms with Gasteiger partial charge in [0.25, 0.3) is 0 Å². The van der Waals surface area contributed by atoms with Gasteiger partial charge >= 0.3 is 0 Å². The van der Waals surface area contributed by atoms with Gasteiger partial charge in [-0.05, 0) is 444 Å². The second kappa shape index (κ2) is 63.0. The lowest BCUT2D eigenvalue weighted by Gasteiger charge is -2.08. The second-order valence-corrected chi connectivity index (χ2v) is 38.6. The monoisotopic (exact) mass is 1880 g/mol. The Hall–Kier alpha value is -11.2. The lowest BCUT2D eigenvalue weighted by Crippen LogP contribution is -1.93. The first-order chi connectivity index (χ1) is 67.9. The Morgan fingerprint density at radius 1 is 0.128 bits per heavy atom. The Morgan fingerprint density at radius 3 is 0.929 bits per heavy atom. The first-order valence-corrected chi connectivity index (χ1v) is 55.0. The molecule has 16 rings (SSSR count). The highest BCUT2D eigenvalue weighted by Crippen LogP contribution is 2.30. The summed E-state index contributed by atoms with van der Waals surface area (Å²) in [5.74, 6) is 0. The van der Waals surface area contributed by atoms with Gasteiger partial charge in [-0.1, -0.05) is 424 Å². The third-order valence-corrected chi connectivity index (χ3v) is 28.9. The Labute approximate surface area is 862 Å². The Morgan fingerprint density at radius 2 is 0.447 bits per heavy atom. The average molecular weight is 1880 g/mol. The maximum Gasteiger partial charge on any atom is -0.0152 e. The molecule has 0 saturated carbocycles. The van der Waals surface area contributed by atoms with Crippen molar-refractivity contribution in [1.82, 2.24) is 0 Å². The van der Waals surface area contributed by atoms with Crippen LogP contribution in [0.2, 0.25) is 0 Å². The summed E-state index contributed by atoms with van der Waals surface area (Å²) >= 11 is 0. The molecule has 0 aliphatic rings. The van der Waals surface area contributed by atoms with Gasteiger partial charge in [-0.2, -0.15) is 0 Å². The lowest BCUT2D eigenvalue weighted by molar-refractivity contribution is 1.02. The number of hydrogen-bond acceptors (Lipinski definition) is 0. The van der Waals surface area contributed by atoms with E-state index in [1.165, 1.54) is 237 Å². The summed E-state index contributed by atoms with van der Waals surface area (Å²) < 4.78 is 0. The van der Waals surface area contributed by atoms with Crippen molar-refractivity contribution in [3.8, 4) is 0 Å². The summed E-state index contributed by atoms with van der Waals surface area (Å²) in [4.78, 5) is 0. The van der Waals surface area contributed by atoms with Gasteiger partial charge in [0, 0.05) is 0 Å². The highest BCUT2D eigenvalue weighted by molar-refractivity contribution is 5.90. The molecular weight excluding hydrogens is 1690 g/mol. The zero-order chi connectivity index (χ0) is 104. The van der Waals surface area contributed by atoms with Gasteiger partial charge < -0.3 is 0 Å². The zero-order valence-corrected chi connectivity index (χ0v) is 94.9. The van der Waals surface area contributed by atoms with E-state index >= 15 is 0 Å². The van der Waals surface area contributed by atoms with E-state index in [0.717, 1.165) is 141 Å². The SMILES string of the molecule is CCc1cc(C)c2cc(CC)ccc2c1.CCc1cc(C)cc(CC)c1.CCc1ccc(C)c(CC)c1.CCc1ccc(C)cc1CC.CCc1ccc(CC)c(C)c1.CCc1ccc2c(C)c(CC)ccc2c1.CCc1ccc2c(C)cc(CC)cc2c1.CCc1ccc2cc(C)c(CC)cc2c1.CCc1ccc2cc(CC)c(C)cc2c1.CCc1cccc(C)c1CC.CCc1cccc(CC)c1C. The molecule has 141 heavy (non-hydrogen) atoms. The van der Waals surface area contributed by atoms with Crippen molar-refractivity contribution >= 4 is 53.9 Å². The third-order valence-electron chi connectivity index (χ3n) is 28.9. The van der Waals surface area contributed by atoms with Gasteiger partial charge in [-0.25, -0.2) is 0 Å². The van der Waals surface area contributed by atoms with Crippen molar-refractivity contribution in [2.45, 2.75) is 370 Å². The second-order valence-electron chi connectivity index (χ2n) is 38.6. The van der Waals surface area contributed by atoms with E-state index in [4.69, 9.17) is 0 Å². The Kier molecular flexibility index (Phi) is 52.9. The van der Waals surface area contributed by atoms with Gasteiger partial charge in [-0.15, -0.1) is 0 Å². The first-order valence-electron chi connectivity index (χ1n) is 55.0. The van der Waals surface area contributed by atoms with Crippen molar-refractivity contribution in [2.24, 2.45) is 0 Å². The van der Waals surface area contributed by atoms with E-state index < -0.39 is 0 Å². The molecule has 0 amide bonds. The van der Waals surface area contributed by atoms with Crippen LogP contribution in [0, 0.1) is 76.2 Å². The molecule has 0 spiro atoms. The Balaban J connectivity index is 0.000000238. The van der Waals surface area contributed by atoms with E-state index in [1.807, 2.05) is 0 Å². The summed E-state index contributed by atoms with van der Waals surface area (Å²) in [6.07, 6.45) is 25.0. The molecular formula is C141H186. The van der Waals surface area contributed by atoms with Gasteiger partial charge in [0.15, 0.2) is 0 Å². The zero-order valence-electron chi connectivity index (χ0n) is 94.9.